The zero-order valence-corrected chi connectivity index (χ0v) is 14.6. The standard InChI is InChI=1S/C22H24N2O/c1-24(20-12-3-2-4-13-20)16-8-15-23-22(25)17-19-11-7-10-18-9-5-6-14-21(18)19/h2-7,9-14H,8,15-17H2,1H3,(H,23,25). The molecule has 0 saturated heterocycles. The lowest BCUT2D eigenvalue weighted by molar-refractivity contribution is -0.120. The Morgan fingerprint density at radius 1 is 0.920 bits per heavy atom. The number of nitrogens with one attached hydrogen (secondary N) is 1. The van der Waals surface area contributed by atoms with E-state index in [0.717, 1.165) is 23.9 Å². The lowest BCUT2D eigenvalue weighted by Crippen LogP contribution is -2.29. The van der Waals surface area contributed by atoms with Gasteiger partial charge in [-0.3, -0.25) is 4.79 Å². The SMILES string of the molecule is CN(CCCNC(=O)Cc1cccc2ccccc12)c1ccccc1. The van der Waals surface area contributed by atoms with Crippen LogP contribution in [0.15, 0.2) is 72.8 Å². The maximum Gasteiger partial charge on any atom is 0.224 e. The molecule has 0 fully saturated rings. The Balaban J connectivity index is 1.47. The quantitative estimate of drug-likeness (QED) is 0.663. The summed E-state index contributed by atoms with van der Waals surface area (Å²) in [5, 5.41) is 5.37. The number of hydrogen-bond acceptors (Lipinski definition) is 2. The van der Waals surface area contributed by atoms with Crippen molar-refractivity contribution in [3.63, 3.8) is 0 Å². The van der Waals surface area contributed by atoms with Crippen LogP contribution < -0.4 is 10.2 Å². The first-order valence-electron chi connectivity index (χ1n) is 8.73. The number of carbonyl (C=O) groups excluding carboxylic acids is 1. The van der Waals surface area contributed by atoms with Crippen LogP contribution in [0.25, 0.3) is 10.8 Å². The molecule has 3 nitrogen and oxygen atoms in total. The molecule has 3 aromatic rings. The fraction of sp³-hybridized carbons (Fsp3) is 0.227. The van der Waals surface area contributed by atoms with Crippen LogP contribution in [0.5, 0.6) is 0 Å². The third-order valence-electron chi connectivity index (χ3n) is 4.42. The van der Waals surface area contributed by atoms with Crippen molar-refractivity contribution in [2.75, 3.05) is 25.0 Å². The number of amides is 1. The molecule has 0 aliphatic carbocycles. The number of hydrogen-bond donors (Lipinski definition) is 1. The van der Waals surface area contributed by atoms with Crippen molar-refractivity contribution in [2.24, 2.45) is 0 Å². The third kappa shape index (κ3) is 4.60. The smallest absolute Gasteiger partial charge is 0.224 e. The molecule has 0 saturated carbocycles. The second-order valence-electron chi connectivity index (χ2n) is 6.28. The number of fused-ring (bicyclic) bond motifs is 1. The highest BCUT2D eigenvalue weighted by atomic mass is 16.1. The lowest BCUT2D eigenvalue weighted by Gasteiger charge is -2.19. The van der Waals surface area contributed by atoms with E-state index in [1.165, 1.54) is 11.1 Å². The van der Waals surface area contributed by atoms with E-state index in [1.54, 1.807) is 0 Å². The zero-order valence-electron chi connectivity index (χ0n) is 14.6. The van der Waals surface area contributed by atoms with Gasteiger partial charge >= 0.3 is 0 Å². The molecule has 3 rings (SSSR count). The van der Waals surface area contributed by atoms with Gasteiger partial charge in [0.05, 0.1) is 6.42 Å². The Bertz CT molecular complexity index is 824. The van der Waals surface area contributed by atoms with Gasteiger partial charge in [-0.25, -0.2) is 0 Å². The largest absolute Gasteiger partial charge is 0.375 e. The summed E-state index contributed by atoms with van der Waals surface area (Å²) in [7, 11) is 2.08. The highest BCUT2D eigenvalue weighted by molar-refractivity contribution is 5.90. The Labute approximate surface area is 149 Å². The van der Waals surface area contributed by atoms with Crippen molar-refractivity contribution in [2.45, 2.75) is 12.8 Å². The number of benzene rings is 3. The van der Waals surface area contributed by atoms with Crippen molar-refractivity contribution in [3.8, 4) is 0 Å². The van der Waals surface area contributed by atoms with E-state index in [2.05, 4.69) is 47.6 Å². The van der Waals surface area contributed by atoms with E-state index >= 15 is 0 Å². The molecule has 0 spiro atoms. The average Bonchev–Trinajstić information content (AvgIpc) is 2.66. The molecule has 25 heavy (non-hydrogen) atoms. The Morgan fingerprint density at radius 3 is 2.48 bits per heavy atom. The third-order valence-corrected chi connectivity index (χ3v) is 4.42. The van der Waals surface area contributed by atoms with Crippen molar-refractivity contribution in [1.82, 2.24) is 5.32 Å². The highest BCUT2D eigenvalue weighted by Gasteiger charge is 2.06. The molecule has 0 bridgehead atoms. The Kier molecular flexibility index (Phi) is 5.68. The minimum absolute atomic E-state index is 0.0821. The van der Waals surface area contributed by atoms with Gasteiger partial charge in [-0.05, 0) is 34.9 Å². The maximum absolute atomic E-state index is 12.2. The van der Waals surface area contributed by atoms with Crippen molar-refractivity contribution in [3.05, 3.63) is 78.4 Å². The summed E-state index contributed by atoms with van der Waals surface area (Å²) in [5.74, 6) is 0.0821. The second-order valence-corrected chi connectivity index (χ2v) is 6.28. The molecule has 0 aromatic heterocycles. The number of carbonyl (C=O) groups is 1. The molecule has 0 atom stereocenters. The summed E-state index contributed by atoms with van der Waals surface area (Å²) in [6.45, 7) is 1.61. The lowest BCUT2D eigenvalue weighted by atomic mass is 10.0. The van der Waals surface area contributed by atoms with Crippen molar-refractivity contribution < 1.29 is 4.79 Å². The maximum atomic E-state index is 12.2. The Hall–Kier alpha value is -2.81. The van der Waals surface area contributed by atoms with Crippen LogP contribution in [0.4, 0.5) is 5.69 Å². The molecule has 0 aliphatic rings. The topological polar surface area (TPSA) is 32.3 Å². The van der Waals surface area contributed by atoms with Crippen LogP contribution in [-0.4, -0.2) is 26.0 Å². The number of anilines is 1. The molecular weight excluding hydrogens is 308 g/mol. The molecule has 3 aromatic carbocycles. The van der Waals surface area contributed by atoms with Gasteiger partial charge < -0.3 is 10.2 Å². The second kappa shape index (κ2) is 8.34. The summed E-state index contributed by atoms with van der Waals surface area (Å²) >= 11 is 0. The van der Waals surface area contributed by atoms with E-state index in [1.807, 2.05) is 42.5 Å². The van der Waals surface area contributed by atoms with Crippen LogP contribution >= 0.6 is 0 Å². The van der Waals surface area contributed by atoms with Gasteiger partial charge in [-0.1, -0.05) is 60.7 Å². The summed E-state index contributed by atoms with van der Waals surface area (Å²) in [5.41, 5.74) is 2.28. The van der Waals surface area contributed by atoms with Crippen molar-refractivity contribution >= 4 is 22.4 Å². The van der Waals surface area contributed by atoms with Gasteiger partial charge in [0.15, 0.2) is 0 Å². The minimum Gasteiger partial charge on any atom is -0.375 e. The molecular formula is C22H24N2O. The van der Waals surface area contributed by atoms with Gasteiger partial charge in [0.1, 0.15) is 0 Å². The minimum atomic E-state index is 0.0821. The highest BCUT2D eigenvalue weighted by Crippen LogP contribution is 2.18. The van der Waals surface area contributed by atoms with Gasteiger partial charge in [0, 0.05) is 25.8 Å². The molecule has 0 unspecified atom stereocenters. The zero-order chi connectivity index (χ0) is 17.5. The normalized spacial score (nSPS) is 10.6. The van der Waals surface area contributed by atoms with Crippen LogP contribution in [0.2, 0.25) is 0 Å². The Morgan fingerprint density at radius 2 is 1.64 bits per heavy atom. The van der Waals surface area contributed by atoms with Gasteiger partial charge in [-0.2, -0.15) is 0 Å². The first-order chi connectivity index (χ1) is 12.2. The monoisotopic (exact) mass is 332 g/mol. The summed E-state index contributed by atoms with van der Waals surface area (Å²) < 4.78 is 0. The molecule has 0 heterocycles. The van der Waals surface area contributed by atoms with Gasteiger partial charge in [0.2, 0.25) is 5.91 Å². The fourth-order valence-corrected chi connectivity index (χ4v) is 3.04. The number of rotatable bonds is 7. The molecule has 3 heteroatoms. The first-order valence-corrected chi connectivity index (χ1v) is 8.73. The predicted octanol–water partition coefficient (Wildman–Crippen LogP) is 4.03. The van der Waals surface area contributed by atoms with E-state index in [0.29, 0.717) is 13.0 Å². The molecule has 0 radical (unpaired) electrons. The molecule has 0 aliphatic heterocycles. The van der Waals surface area contributed by atoms with Crippen molar-refractivity contribution in [1.29, 1.82) is 0 Å². The molecule has 1 N–H and O–H groups in total. The average molecular weight is 332 g/mol. The van der Waals surface area contributed by atoms with Gasteiger partial charge in [-0.15, -0.1) is 0 Å². The van der Waals surface area contributed by atoms with Crippen LogP contribution in [0.1, 0.15) is 12.0 Å². The summed E-state index contributed by atoms with van der Waals surface area (Å²) in [4.78, 5) is 14.5. The van der Waals surface area contributed by atoms with Gasteiger partial charge in [0.25, 0.3) is 0 Å². The van der Waals surface area contributed by atoms with E-state index in [4.69, 9.17) is 0 Å². The first kappa shape index (κ1) is 17.0. The fourth-order valence-electron chi connectivity index (χ4n) is 3.04. The van der Waals surface area contributed by atoms with Crippen LogP contribution in [0.3, 0.4) is 0 Å². The van der Waals surface area contributed by atoms with E-state index in [-0.39, 0.29) is 5.91 Å². The number of nitrogens with zero attached hydrogens (tertiary/aromatic N) is 1. The number of para-hydroxylation sites is 1. The van der Waals surface area contributed by atoms with E-state index in [9.17, 15) is 4.79 Å². The van der Waals surface area contributed by atoms with Crippen LogP contribution in [0, 0.1) is 0 Å². The van der Waals surface area contributed by atoms with Crippen LogP contribution in [-0.2, 0) is 11.2 Å². The predicted molar refractivity (Wildman–Crippen MR) is 105 cm³/mol. The summed E-state index contributed by atoms with van der Waals surface area (Å²) in [6, 6.07) is 24.6. The molecule has 1 amide bonds. The summed E-state index contributed by atoms with van der Waals surface area (Å²) in [6.07, 6.45) is 1.35. The van der Waals surface area contributed by atoms with E-state index < -0.39 is 0 Å². The molecule has 128 valence electrons.